The number of nitrogens with one attached hydrogen (secondary N) is 3. The van der Waals surface area contributed by atoms with Gasteiger partial charge in [-0.25, -0.2) is 4.98 Å². The molecule has 3 rings (SSSR count). The number of nitrogens with zero attached hydrogens (tertiary/aromatic N) is 4. The standard InChI is InChI=1S/C13H21N7/c1-14-13-18-11(10-12(19-13)17-8-16-10)15-7-9-5-3-4-6-20(9)2/h8-9H,3-7H2,1-2H3,(H3,14,15,16,17,18,19). The number of likely N-dealkylation sites (tertiary alicyclic amines) is 1. The number of rotatable bonds is 4. The summed E-state index contributed by atoms with van der Waals surface area (Å²) in [6.07, 6.45) is 5.49. The van der Waals surface area contributed by atoms with E-state index in [9.17, 15) is 0 Å². The van der Waals surface area contributed by atoms with Crippen molar-refractivity contribution >= 4 is 22.9 Å². The first-order valence-electron chi connectivity index (χ1n) is 7.11. The summed E-state index contributed by atoms with van der Waals surface area (Å²) in [5.41, 5.74) is 1.55. The zero-order valence-electron chi connectivity index (χ0n) is 12.0. The minimum absolute atomic E-state index is 0.565. The fourth-order valence-electron chi connectivity index (χ4n) is 2.69. The molecule has 1 aliphatic heterocycles. The van der Waals surface area contributed by atoms with Gasteiger partial charge in [0.2, 0.25) is 5.95 Å². The van der Waals surface area contributed by atoms with Crippen LogP contribution in [0.4, 0.5) is 11.8 Å². The Bertz CT molecular complexity index is 579. The van der Waals surface area contributed by atoms with Crippen LogP contribution in [0, 0.1) is 0 Å². The highest BCUT2D eigenvalue weighted by atomic mass is 15.2. The molecule has 0 spiro atoms. The summed E-state index contributed by atoms with van der Waals surface area (Å²) >= 11 is 0. The van der Waals surface area contributed by atoms with Crippen molar-refractivity contribution in [1.29, 1.82) is 0 Å². The zero-order chi connectivity index (χ0) is 13.9. The summed E-state index contributed by atoms with van der Waals surface area (Å²) in [5, 5.41) is 6.41. The molecule has 7 nitrogen and oxygen atoms in total. The van der Waals surface area contributed by atoms with Gasteiger partial charge in [0.25, 0.3) is 0 Å². The summed E-state index contributed by atoms with van der Waals surface area (Å²) in [4.78, 5) is 18.5. The Morgan fingerprint density at radius 2 is 2.30 bits per heavy atom. The molecule has 20 heavy (non-hydrogen) atoms. The molecule has 2 aromatic rings. The van der Waals surface area contributed by atoms with Crippen molar-refractivity contribution in [1.82, 2.24) is 24.8 Å². The number of fused-ring (bicyclic) bond motifs is 1. The third kappa shape index (κ3) is 2.53. The minimum atomic E-state index is 0.565. The molecule has 3 heterocycles. The molecule has 1 atom stereocenters. The molecule has 0 saturated carbocycles. The molecule has 0 aliphatic carbocycles. The van der Waals surface area contributed by atoms with Crippen LogP contribution in [0.5, 0.6) is 0 Å². The van der Waals surface area contributed by atoms with E-state index in [4.69, 9.17) is 0 Å². The maximum absolute atomic E-state index is 4.48. The number of hydrogen-bond acceptors (Lipinski definition) is 6. The maximum Gasteiger partial charge on any atom is 0.226 e. The third-order valence-electron chi connectivity index (χ3n) is 3.94. The van der Waals surface area contributed by atoms with E-state index < -0.39 is 0 Å². The number of hydrogen-bond donors (Lipinski definition) is 3. The van der Waals surface area contributed by atoms with Crippen LogP contribution in [-0.2, 0) is 0 Å². The van der Waals surface area contributed by atoms with E-state index in [2.05, 4.69) is 42.5 Å². The van der Waals surface area contributed by atoms with Crippen LogP contribution >= 0.6 is 0 Å². The fraction of sp³-hybridized carbons (Fsp3) is 0.615. The highest BCUT2D eigenvalue weighted by Crippen LogP contribution is 2.20. The molecule has 1 unspecified atom stereocenters. The van der Waals surface area contributed by atoms with Gasteiger partial charge in [-0.15, -0.1) is 0 Å². The second kappa shape index (κ2) is 5.62. The Balaban J connectivity index is 1.77. The van der Waals surface area contributed by atoms with E-state index in [1.54, 1.807) is 6.33 Å². The molecule has 1 saturated heterocycles. The van der Waals surface area contributed by atoms with Gasteiger partial charge >= 0.3 is 0 Å². The quantitative estimate of drug-likeness (QED) is 0.780. The van der Waals surface area contributed by atoms with Crippen LogP contribution in [0.3, 0.4) is 0 Å². The smallest absolute Gasteiger partial charge is 0.226 e. The van der Waals surface area contributed by atoms with Crippen molar-refractivity contribution in [2.45, 2.75) is 25.3 Å². The number of likely N-dealkylation sites (N-methyl/N-ethyl adjacent to an activating group) is 1. The molecule has 0 radical (unpaired) electrons. The Morgan fingerprint density at radius 1 is 1.40 bits per heavy atom. The first-order valence-corrected chi connectivity index (χ1v) is 7.11. The largest absolute Gasteiger partial charge is 0.367 e. The number of anilines is 2. The fourth-order valence-corrected chi connectivity index (χ4v) is 2.69. The van der Waals surface area contributed by atoms with E-state index in [1.807, 2.05) is 7.05 Å². The second-order valence-corrected chi connectivity index (χ2v) is 5.26. The minimum Gasteiger partial charge on any atom is -0.367 e. The lowest BCUT2D eigenvalue weighted by Gasteiger charge is -2.32. The molecular formula is C13H21N7. The molecule has 7 heteroatoms. The van der Waals surface area contributed by atoms with Crippen LogP contribution in [0.15, 0.2) is 6.33 Å². The molecule has 0 amide bonds. The van der Waals surface area contributed by atoms with Gasteiger partial charge in [-0.2, -0.15) is 9.97 Å². The molecule has 1 fully saturated rings. The van der Waals surface area contributed by atoms with Gasteiger partial charge in [-0.1, -0.05) is 6.42 Å². The van der Waals surface area contributed by atoms with Crippen LogP contribution in [0.1, 0.15) is 19.3 Å². The van der Waals surface area contributed by atoms with Crippen LogP contribution in [0.2, 0.25) is 0 Å². The monoisotopic (exact) mass is 275 g/mol. The summed E-state index contributed by atoms with van der Waals surface area (Å²) < 4.78 is 0. The van der Waals surface area contributed by atoms with Gasteiger partial charge in [-0.3, -0.25) is 0 Å². The molecule has 0 aromatic carbocycles. The van der Waals surface area contributed by atoms with Crippen molar-refractivity contribution in [3.63, 3.8) is 0 Å². The number of imidazole rings is 1. The maximum atomic E-state index is 4.48. The van der Waals surface area contributed by atoms with Crippen molar-refractivity contribution in [2.75, 3.05) is 37.8 Å². The number of aromatic amines is 1. The Kier molecular flexibility index (Phi) is 3.68. The van der Waals surface area contributed by atoms with Crippen LogP contribution in [0.25, 0.3) is 11.2 Å². The lowest BCUT2D eigenvalue weighted by molar-refractivity contribution is 0.194. The van der Waals surface area contributed by atoms with Crippen molar-refractivity contribution in [3.05, 3.63) is 6.33 Å². The van der Waals surface area contributed by atoms with Crippen LogP contribution in [-0.4, -0.2) is 58.1 Å². The molecule has 3 N–H and O–H groups in total. The van der Waals surface area contributed by atoms with E-state index in [-0.39, 0.29) is 0 Å². The van der Waals surface area contributed by atoms with Gasteiger partial charge in [0.1, 0.15) is 5.52 Å². The van der Waals surface area contributed by atoms with Crippen molar-refractivity contribution < 1.29 is 0 Å². The lowest BCUT2D eigenvalue weighted by Crippen LogP contribution is -2.40. The lowest BCUT2D eigenvalue weighted by atomic mass is 10.0. The predicted octanol–water partition coefficient (Wildman–Crippen LogP) is 1.29. The number of H-pyrrole nitrogens is 1. The topological polar surface area (TPSA) is 81.8 Å². The van der Waals surface area contributed by atoms with E-state index in [0.717, 1.165) is 17.9 Å². The highest BCUT2D eigenvalue weighted by Gasteiger charge is 2.19. The average Bonchev–Trinajstić information content (AvgIpc) is 2.94. The van der Waals surface area contributed by atoms with Gasteiger partial charge < -0.3 is 20.5 Å². The van der Waals surface area contributed by atoms with E-state index in [1.165, 1.54) is 25.8 Å². The zero-order valence-corrected chi connectivity index (χ0v) is 12.0. The second-order valence-electron chi connectivity index (χ2n) is 5.26. The van der Waals surface area contributed by atoms with E-state index >= 15 is 0 Å². The van der Waals surface area contributed by atoms with E-state index in [0.29, 0.717) is 17.6 Å². The van der Waals surface area contributed by atoms with Crippen molar-refractivity contribution in [2.24, 2.45) is 0 Å². The summed E-state index contributed by atoms with van der Waals surface area (Å²) in [5.74, 6) is 1.40. The Morgan fingerprint density at radius 3 is 3.10 bits per heavy atom. The first kappa shape index (κ1) is 13.1. The number of aromatic nitrogens is 4. The molecule has 0 bridgehead atoms. The summed E-state index contributed by atoms with van der Waals surface area (Å²) in [6, 6.07) is 0.565. The van der Waals surface area contributed by atoms with Crippen molar-refractivity contribution in [3.8, 4) is 0 Å². The normalized spacial score (nSPS) is 20.2. The predicted molar refractivity (Wildman–Crippen MR) is 80.0 cm³/mol. The van der Waals surface area contributed by atoms with Gasteiger partial charge in [0.15, 0.2) is 11.5 Å². The molecule has 108 valence electrons. The Hall–Kier alpha value is -1.89. The Labute approximate surface area is 118 Å². The first-order chi connectivity index (χ1) is 9.78. The highest BCUT2D eigenvalue weighted by molar-refractivity contribution is 5.83. The van der Waals surface area contributed by atoms with Gasteiger partial charge in [0, 0.05) is 19.6 Å². The molecule has 1 aliphatic rings. The van der Waals surface area contributed by atoms with Crippen LogP contribution < -0.4 is 10.6 Å². The van der Waals surface area contributed by atoms with Gasteiger partial charge in [0.05, 0.1) is 6.33 Å². The molecular weight excluding hydrogens is 254 g/mol. The summed E-state index contributed by atoms with van der Waals surface area (Å²) in [6.45, 7) is 2.07. The average molecular weight is 275 g/mol. The van der Waals surface area contributed by atoms with Gasteiger partial charge in [-0.05, 0) is 26.4 Å². The SMILES string of the molecule is CNc1nc(NCC2CCCCN2C)c2[nH]cnc2n1. The number of piperidine rings is 1. The molecule has 2 aromatic heterocycles. The summed E-state index contributed by atoms with van der Waals surface area (Å²) in [7, 11) is 4.00. The third-order valence-corrected chi connectivity index (χ3v) is 3.94.